The van der Waals surface area contributed by atoms with Crippen molar-refractivity contribution in [1.82, 2.24) is 4.90 Å². The first-order valence-corrected chi connectivity index (χ1v) is 26.5. The molecule has 0 aliphatic heterocycles. The summed E-state index contributed by atoms with van der Waals surface area (Å²) in [7, 11) is 1.68. The summed E-state index contributed by atoms with van der Waals surface area (Å²) < 4.78 is 10.1. The molecule has 9 heteroatoms. The van der Waals surface area contributed by atoms with Gasteiger partial charge in [-0.2, -0.15) is 0 Å². The van der Waals surface area contributed by atoms with Crippen molar-refractivity contribution in [3.8, 4) is 0 Å². The van der Waals surface area contributed by atoms with E-state index in [0.717, 1.165) is 45.2 Å². The molecule has 1 aromatic rings. The molecule has 366 valence electrons. The average Bonchev–Trinajstić information content (AvgIpc) is 3.28. The van der Waals surface area contributed by atoms with Crippen molar-refractivity contribution in [1.29, 1.82) is 0 Å². The number of carbonyl (C=O) groups excluding carboxylic acids is 2. The van der Waals surface area contributed by atoms with E-state index in [1.54, 1.807) is 7.05 Å². The van der Waals surface area contributed by atoms with Gasteiger partial charge in [0.25, 0.3) is 23.8 Å². The number of hydrogen-bond donors (Lipinski definition) is 2. The molecule has 1 aromatic carbocycles. The van der Waals surface area contributed by atoms with Gasteiger partial charge in [-0.05, 0) is 83.8 Å². The van der Waals surface area contributed by atoms with E-state index >= 15 is 0 Å². The number of anilines is 2. The Labute approximate surface area is 383 Å². The molecule has 2 unspecified atom stereocenters. The summed E-state index contributed by atoms with van der Waals surface area (Å²) in [5.41, 5.74) is 0.120. The fraction of sp³-hybridized carbons (Fsp3) is 0.887. The molecule has 0 saturated carbocycles. The first kappa shape index (κ1) is 61.7. The largest absolute Gasteiger partial charge is 0.465 e. The fourth-order valence-electron chi connectivity index (χ4n) is 7.97. The molecule has 0 aromatic heterocycles. The summed E-state index contributed by atoms with van der Waals surface area (Å²) in [5, 5.41) is 5.97. The zero-order chi connectivity index (χ0) is 46.2. The highest BCUT2D eigenvalue weighted by atomic mass is 16.5. The second-order valence-electron chi connectivity index (χ2n) is 17.7. The molecule has 0 amide bonds. The zero-order valence-corrected chi connectivity index (χ0v) is 42.1. The average molecular weight is 878 g/mol. The van der Waals surface area contributed by atoms with Crippen molar-refractivity contribution in [3.05, 3.63) is 20.4 Å². The summed E-state index contributed by atoms with van der Waals surface area (Å²) >= 11 is 0. The highest BCUT2D eigenvalue weighted by molar-refractivity contribution is 5.73. The van der Waals surface area contributed by atoms with Crippen LogP contribution in [0.3, 0.4) is 0 Å². The standard InChI is InChI=1S/C24H45N3O2.C17H34O2.C12H24O2/c1-4-6-8-10-12-14-18-27(19-15-13-11-9-7-5-2)20-16-17-26-22-21(25-3)23(28)24(22)29;1-3-5-7-9-11-13-15-17(19-16-18)14-12-10-8-6-4-2;1-3-5-6-7-8-9-10-12(4-2)14-11-13/h25-26H,4-20H2,1-3H3;16-17H,3-15H2,1-2H3;11-12H,3-10H2,1-2H3. The van der Waals surface area contributed by atoms with E-state index in [9.17, 15) is 19.2 Å². The molecule has 0 heterocycles. The molecular weight excluding hydrogens is 775 g/mol. The maximum Gasteiger partial charge on any atom is 0.293 e. The Bertz CT molecular complexity index is 1120. The van der Waals surface area contributed by atoms with Gasteiger partial charge < -0.3 is 25.0 Å². The van der Waals surface area contributed by atoms with E-state index in [0.29, 0.717) is 24.3 Å². The van der Waals surface area contributed by atoms with Crippen molar-refractivity contribution in [2.45, 2.75) is 272 Å². The van der Waals surface area contributed by atoms with Gasteiger partial charge in [0.1, 0.15) is 23.6 Å². The normalized spacial score (nSPS) is 11.9. The van der Waals surface area contributed by atoms with E-state index in [2.05, 4.69) is 57.1 Å². The fourth-order valence-corrected chi connectivity index (χ4v) is 7.97. The summed E-state index contributed by atoms with van der Waals surface area (Å²) in [5.74, 6) is 0. The van der Waals surface area contributed by atoms with E-state index < -0.39 is 5.43 Å². The third-order valence-corrected chi connectivity index (χ3v) is 12.1. The van der Waals surface area contributed by atoms with Gasteiger partial charge in [0, 0.05) is 13.6 Å². The van der Waals surface area contributed by atoms with Gasteiger partial charge >= 0.3 is 0 Å². The lowest BCUT2D eigenvalue weighted by Gasteiger charge is -2.23. The zero-order valence-electron chi connectivity index (χ0n) is 42.1. The van der Waals surface area contributed by atoms with Crippen LogP contribution in [0, 0.1) is 0 Å². The summed E-state index contributed by atoms with van der Waals surface area (Å²) in [6.45, 7) is 18.7. The molecule has 0 aliphatic rings. The van der Waals surface area contributed by atoms with Gasteiger partial charge in [0.05, 0.1) is 0 Å². The maximum absolute atomic E-state index is 11.6. The van der Waals surface area contributed by atoms with Crippen molar-refractivity contribution in [2.24, 2.45) is 0 Å². The van der Waals surface area contributed by atoms with Gasteiger partial charge in [-0.15, -0.1) is 0 Å². The maximum atomic E-state index is 11.6. The molecule has 0 spiro atoms. The molecule has 62 heavy (non-hydrogen) atoms. The van der Waals surface area contributed by atoms with Crippen molar-refractivity contribution < 1.29 is 19.1 Å². The number of hydrogen-bond acceptors (Lipinski definition) is 9. The van der Waals surface area contributed by atoms with Crippen molar-refractivity contribution in [2.75, 3.05) is 43.9 Å². The molecular formula is C53H103N3O6. The smallest absolute Gasteiger partial charge is 0.293 e. The summed E-state index contributed by atoms with van der Waals surface area (Å²) in [6, 6.07) is 0. The van der Waals surface area contributed by atoms with E-state index in [4.69, 9.17) is 9.47 Å². The molecule has 2 N–H and O–H groups in total. The lowest BCUT2D eigenvalue weighted by molar-refractivity contribution is -0.135. The molecule has 0 radical (unpaired) electrons. The number of nitrogens with zero attached hydrogens (tertiary/aromatic N) is 1. The van der Waals surface area contributed by atoms with Crippen LogP contribution in [0.4, 0.5) is 11.4 Å². The minimum atomic E-state index is -0.400. The number of unbranched alkanes of at least 4 members (excludes halogenated alkanes) is 24. The van der Waals surface area contributed by atoms with Gasteiger partial charge in [0.15, 0.2) is 0 Å². The van der Waals surface area contributed by atoms with Crippen molar-refractivity contribution in [3.63, 3.8) is 0 Å². The van der Waals surface area contributed by atoms with Crippen LogP contribution in [0.5, 0.6) is 0 Å². The number of carbonyl (C=O) groups is 2. The Morgan fingerprint density at radius 3 is 1.13 bits per heavy atom. The van der Waals surface area contributed by atoms with E-state index in [-0.39, 0.29) is 17.6 Å². The molecule has 0 aliphatic carbocycles. The Morgan fingerprint density at radius 2 is 0.758 bits per heavy atom. The Balaban J connectivity index is 0. The minimum absolute atomic E-state index is 0.152. The van der Waals surface area contributed by atoms with Gasteiger partial charge in [-0.25, -0.2) is 0 Å². The second-order valence-corrected chi connectivity index (χ2v) is 17.7. The Morgan fingerprint density at radius 1 is 0.435 bits per heavy atom. The van der Waals surface area contributed by atoms with Crippen LogP contribution in [-0.2, 0) is 19.1 Å². The van der Waals surface area contributed by atoms with Crippen LogP contribution in [0.2, 0.25) is 0 Å². The molecule has 0 bridgehead atoms. The van der Waals surface area contributed by atoms with Gasteiger partial charge in [-0.1, -0.05) is 196 Å². The molecule has 9 nitrogen and oxygen atoms in total. The van der Waals surface area contributed by atoms with E-state index in [1.165, 1.54) is 199 Å². The first-order valence-electron chi connectivity index (χ1n) is 26.5. The predicted octanol–water partition coefficient (Wildman–Crippen LogP) is 14.5. The van der Waals surface area contributed by atoms with E-state index in [1.807, 2.05) is 0 Å². The lowest BCUT2D eigenvalue weighted by Crippen LogP contribution is -2.37. The van der Waals surface area contributed by atoms with Crippen LogP contribution in [0.15, 0.2) is 9.59 Å². The quantitative estimate of drug-likeness (QED) is 0.0375. The molecule has 2 atom stereocenters. The number of nitrogens with one attached hydrogen (secondary N) is 2. The third kappa shape index (κ3) is 38.1. The Hall–Kier alpha value is -2.42. The van der Waals surface area contributed by atoms with Crippen LogP contribution in [0.25, 0.3) is 0 Å². The lowest BCUT2D eigenvalue weighted by atomic mass is 10.0. The number of rotatable bonds is 45. The Kier molecular flexibility index (Phi) is 49.3. The van der Waals surface area contributed by atoms with Crippen LogP contribution in [-0.4, -0.2) is 63.3 Å². The van der Waals surface area contributed by atoms with Gasteiger partial charge in [0.2, 0.25) is 0 Å². The molecule has 0 saturated heterocycles. The second kappa shape index (κ2) is 49.6. The summed E-state index contributed by atoms with van der Waals surface area (Å²) in [4.78, 5) is 46.3. The summed E-state index contributed by atoms with van der Waals surface area (Å²) in [6.07, 6.45) is 43.4. The number of ether oxygens (including phenoxy) is 2. The third-order valence-electron chi connectivity index (χ3n) is 12.1. The van der Waals surface area contributed by atoms with Crippen molar-refractivity contribution >= 4 is 24.3 Å². The highest BCUT2D eigenvalue weighted by Gasteiger charge is 2.19. The highest BCUT2D eigenvalue weighted by Crippen LogP contribution is 2.17. The topological polar surface area (TPSA) is 114 Å². The monoisotopic (exact) mass is 878 g/mol. The van der Waals surface area contributed by atoms with Crippen LogP contribution >= 0.6 is 0 Å². The van der Waals surface area contributed by atoms with Gasteiger partial charge in [-0.3, -0.25) is 19.2 Å². The predicted molar refractivity (Wildman–Crippen MR) is 269 cm³/mol. The first-order chi connectivity index (χ1) is 30.3. The SMILES string of the molecule is CCCCCCCCC(CC)OC=O.CCCCCCCCC(CCCCCCC)OC=O.CCCCCCCCN(CCCCCCCC)CCCNc1c(NC)c(=O)c1=O. The van der Waals surface area contributed by atoms with Crippen LogP contribution in [0.1, 0.15) is 260 Å². The molecule has 1 rings (SSSR count). The minimum Gasteiger partial charge on any atom is -0.465 e. The van der Waals surface area contributed by atoms with Crippen LogP contribution < -0.4 is 21.5 Å². The molecule has 0 fully saturated rings.